The first-order valence-electron chi connectivity index (χ1n) is 6.85. The summed E-state index contributed by atoms with van der Waals surface area (Å²) in [7, 11) is 0. The smallest absolute Gasteiger partial charge is 0.319 e. The van der Waals surface area contributed by atoms with Crippen molar-refractivity contribution < 1.29 is 9.53 Å². The molecule has 0 bridgehead atoms. The number of benzene rings is 1. The van der Waals surface area contributed by atoms with E-state index in [0.29, 0.717) is 18.1 Å². The van der Waals surface area contributed by atoms with Gasteiger partial charge < -0.3 is 15.4 Å². The Morgan fingerprint density at radius 2 is 1.90 bits per heavy atom. The van der Waals surface area contributed by atoms with Gasteiger partial charge in [0.15, 0.2) is 0 Å². The molecule has 2 amide bonds. The van der Waals surface area contributed by atoms with E-state index in [2.05, 4.69) is 15.6 Å². The molecule has 2 aromatic rings. The van der Waals surface area contributed by atoms with Crippen molar-refractivity contribution >= 4 is 11.7 Å². The quantitative estimate of drug-likeness (QED) is 0.901. The van der Waals surface area contributed by atoms with Gasteiger partial charge in [-0.1, -0.05) is 18.2 Å². The van der Waals surface area contributed by atoms with Crippen LogP contribution in [0.1, 0.15) is 18.1 Å². The van der Waals surface area contributed by atoms with E-state index in [-0.39, 0.29) is 6.03 Å². The minimum Gasteiger partial charge on any atom is -0.438 e. The monoisotopic (exact) mass is 285 g/mol. The van der Waals surface area contributed by atoms with Crippen LogP contribution in [0, 0.1) is 13.8 Å². The summed E-state index contributed by atoms with van der Waals surface area (Å²) in [5.74, 6) is 1.31. The average molecular weight is 285 g/mol. The van der Waals surface area contributed by atoms with E-state index in [0.717, 1.165) is 16.9 Å². The van der Waals surface area contributed by atoms with Gasteiger partial charge in [-0.15, -0.1) is 0 Å². The molecular formula is C16H19N3O2. The van der Waals surface area contributed by atoms with Crippen molar-refractivity contribution in [3.8, 4) is 11.6 Å². The van der Waals surface area contributed by atoms with Gasteiger partial charge >= 0.3 is 6.03 Å². The van der Waals surface area contributed by atoms with Crippen molar-refractivity contribution in [2.45, 2.75) is 20.8 Å². The zero-order chi connectivity index (χ0) is 15.2. The number of rotatable bonds is 4. The number of nitrogens with one attached hydrogen (secondary N) is 2. The normalized spacial score (nSPS) is 10.0. The molecule has 1 aromatic heterocycles. The van der Waals surface area contributed by atoms with Gasteiger partial charge in [0.25, 0.3) is 0 Å². The number of carbonyl (C=O) groups excluding carboxylic acids is 1. The number of aryl methyl sites for hydroxylation is 2. The maximum absolute atomic E-state index is 11.4. The number of urea groups is 1. The largest absolute Gasteiger partial charge is 0.438 e. The number of nitrogens with zero attached hydrogens (tertiary/aromatic N) is 1. The molecule has 5 nitrogen and oxygen atoms in total. The summed E-state index contributed by atoms with van der Waals surface area (Å²) >= 11 is 0. The van der Waals surface area contributed by atoms with Gasteiger partial charge in [0, 0.05) is 12.6 Å². The Bertz CT molecular complexity index is 604. The van der Waals surface area contributed by atoms with Crippen molar-refractivity contribution in [3.05, 3.63) is 47.7 Å². The Kier molecular flexibility index (Phi) is 4.77. The van der Waals surface area contributed by atoms with Crippen molar-refractivity contribution in [1.29, 1.82) is 0 Å². The molecule has 0 aliphatic carbocycles. The summed E-state index contributed by atoms with van der Waals surface area (Å²) < 4.78 is 5.81. The second-order valence-corrected chi connectivity index (χ2v) is 4.69. The van der Waals surface area contributed by atoms with Crippen LogP contribution >= 0.6 is 0 Å². The van der Waals surface area contributed by atoms with Gasteiger partial charge in [-0.05, 0) is 38.0 Å². The first-order valence-corrected chi connectivity index (χ1v) is 6.85. The summed E-state index contributed by atoms with van der Waals surface area (Å²) in [6, 6.07) is 9.21. The molecule has 0 radical (unpaired) electrons. The number of hydrogen-bond donors (Lipinski definition) is 2. The van der Waals surface area contributed by atoms with Gasteiger partial charge in [-0.3, -0.25) is 0 Å². The van der Waals surface area contributed by atoms with E-state index in [9.17, 15) is 4.79 Å². The number of carbonyl (C=O) groups is 1. The van der Waals surface area contributed by atoms with Gasteiger partial charge in [0.2, 0.25) is 5.88 Å². The molecule has 0 spiro atoms. The topological polar surface area (TPSA) is 63.2 Å². The number of para-hydroxylation sites is 1. The number of anilines is 1. The predicted molar refractivity (Wildman–Crippen MR) is 82.9 cm³/mol. The highest BCUT2D eigenvalue weighted by Crippen LogP contribution is 2.27. The van der Waals surface area contributed by atoms with Crippen molar-refractivity contribution in [1.82, 2.24) is 10.3 Å². The van der Waals surface area contributed by atoms with Crippen LogP contribution in [0.4, 0.5) is 10.5 Å². The highest BCUT2D eigenvalue weighted by Gasteiger charge is 2.06. The van der Waals surface area contributed by atoms with E-state index in [1.807, 2.05) is 39.0 Å². The van der Waals surface area contributed by atoms with Crippen LogP contribution < -0.4 is 15.4 Å². The number of ether oxygens (including phenoxy) is 1. The number of aromatic nitrogens is 1. The Labute approximate surface area is 124 Å². The molecule has 21 heavy (non-hydrogen) atoms. The lowest BCUT2D eigenvalue weighted by Crippen LogP contribution is -2.28. The highest BCUT2D eigenvalue weighted by molar-refractivity contribution is 5.88. The fourth-order valence-corrected chi connectivity index (χ4v) is 1.92. The van der Waals surface area contributed by atoms with Crippen molar-refractivity contribution in [2.75, 3.05) is 11.9 Å². The van der Waals surface area contributed by atoms with E-state index in [1.165, 1.54) is 0 Å². The third kappa shape index (κ3) is 3.95. The Hall–Kier alpha value is -2.56. The second-order valence-electron chi connectivity index (χ2n) is 4.69. The van der Waals surface area contributed by atoms with Crippen LogP contribution in [0.25, 0.3) is 0 Å². The third-order valence-electron chi connectivity index (χ3n) is 2.95. The SMILES string of the molecule is CCNC(=O)Nc1ccc(Oc2c(C)cccc2C)nc1. The molecule has 0 fully saturated rings. The molecule has 0 aliphatic heterocycles. The number of amides is 2. The molecule has 0 saturated carbocycles. The van der Waals surface area contributed by atoms with Gasteiger partial charge in [0.05, 0.1) is 11.9 Å². The first kappa shape index (κ1) is 14.8. The summed E-state index contributed by atoms with van der Waals surface area (Å²) in [4.78, 5) is 15.6. The predicted octanol–water partition coefficient (Wildman–Crippen LogP) is 3.63. The molecule has 1 aromatic carbocycles. The summed E-state index contributed by atoms with van der Waals surface area (Å²) in [6.07, 6.45) is 1.57. The lowest BCUT2D eigenvalue weighted by molar-refractivity contribution is 0.252. The second kappa shape index (κ2) is 6.74. The zero-order valence-electron chi connectivity index (χ0n) is 12.4. The summed E-state index contributed by atoms with van der Waals surface area (Å²) in [6.45, 7) is 6.42. The van der Waals surface area contributed by atoms with E-state index in [4.69, 9.17) is 4.74 Å². The fraction of sp³-hybridized carbons (Fsp3) is 0.250. The minimum absolute atomic E-state index is 0.247. The maximum atomic E-state index is 11.4. The molecule has 2 N–H and O–H groups in total. The molecule has 110 valence electrons. The van der Waals surface area contributed by atoms with Gasteiger partial charge in [-0.2, -0.15) is 0 Å². The highest BCUT2D eigenvalue weighted by atomic mass is 16.5. The third-order valence-corrected chi connectivity index (χ3v) is 2.95. The average Bonchev–Trinajstić information content (AvgIpc) is 2.45. The fourth-order valence-electron chi connectivity index (χ4n) is 1.92. The Morgan fingerprint density at radius 1 is 1.19 bits per heavy atom. The molecular weight excluding hydrogens is 266 g/mol. The van der Waals surface area contributed by atoms with Crippen molar-refractivity contribution in [2.24, 2.45) is 0 Å². The molecule has 0 aliphatic rings. The lowest BCUT2D eigenvalue weighted by Gasteiger charge is -2.11. The van der Waals surface area contributed by atoms with E-state index < -0.39 is 0 Å². The number of pyridine rings is 1. The van der Waals surface area contributed by atoms with Crippen LogP contribution in [0.15, 0.2) is 36.5 Å². The van der Waals surface area contributed by atoms with Gasteiger partial charge in [0.1, 0.15) is 5.75 Å². The zero-order valence-corrected chi connectivity index (χ0v) is 12.4. The summed E-state index contributed by atoms with van der Waals surface area (Å²) in [5, 5.41) is 5.34. The van der Waals surface area contributed by atoms with Crippen LogP contribution in [0.5, 0.6) is 11.6 Å². The van der Waals surface area contributed by atoms with Crippen LogP contribution in [0.2, 0.25) is 0 Å². The Balaban J connectivity index is 2.07. The summed E-state index contributed by atoms with van der Waals surface area (Å²) in [5.41, 5.74) is 2.73. The molecule has 0 unspecified atom stereocenters. The molecule has 2 rings (SSSR count). The van der Waals surface area contributed by atoms with Crippen LogP contribution in [-0.2, 0) is 0 Å². The van der Waals surface area contributed by atoms with Crippen LogP contribution in [0.3, 0.4) is 0 Å². The Morgan fingerprint density at radius 3 is 2.48 bits per heavy atom. The first-order chi connectivity index (χ1) is 10.1. The standard InChI is InChI=1S/C16H19N3O2/c1-4-17-16(20)19-13-8-9-14(18-10-13)21-15-11(2)6-5-7-12(15)3/h5-10H,4H2,1-3H3,(H2,17,19,20). The number of hydrogen-bond acceptors (Lipinski definition) is 3. The minimum atomic E-state index is -0.247. The lowest BCUT2D eigenvalue weighted by atomic mass is 10.1. The molecule has 1 heterocycles. The van der Waals surface area contributed by atoms with E-state index in [1.54, 1.807) is 18.3 Å². The van der Waals surface area contributed by atoms with Gasteiger partial charge in [-0.25, -0.2) is 9.78 Å². The maximum Gasteiger partial charge on any atom is 0.319 e. The molecule has 0 atom stereocenters. The molecule has 5 heteroatoms. The van der Waals surface area contributed by atoms with Crippen LogP contribution in [-0.4, -0.2) is 17.6 Å². The van der Waals surface area contributed by atoms with Crippen molar-refractivity contribution in [3.63, 3.8) is 0 Å². The molecule has 0 saturated heterocycles. The van der Waals surface area contributed by atoms with E-state index >= 15 is 0 Å².